The summed E-state index contributed by atoms with van der Waals surface area (Å²) in [6.07, 6.45) is 0.616. The van der Waals surface area contributed by atoms with Gasteiger partial charge in [-0.15, -0.1) is 0 Å². The zero-order valence-electron chi connectivity index (χ0n) is 10.4. The lowest BCUT2D eigenvalue weighted by molar-refractivity contribution is -0.136. The van der Waals surface area contributed by atoms with Gasteiger partial charge in [-0.25, -0.2) is 8.42 Å². The first-order valence-corrected chi connectivity index (χ1v) is 7.36. The second-order valence-electron chi connectivity index (χ2n) is 4.03. The molecule has 0 aromatic rings. The van der Waals surface area contributed by atoms with Crippen molar-refractivity contribution in [1.29, 1.82) is 0 Å². The minimum absolute atomic E-state index is 0.0573. The predicted molar refractivity (Wildman–Crippen MR) is 64.1 cm³/mol. The van der Waals surface area contributed by atoms with Crippen molar-refractivity contribution in [2.24, 2.45) is 0 Å². The fourth-order valence-corrected chi connectivity index (χ4v) is 3.31. The Kier molecular flexibility index (Phi) is 5.35. The molecular weight excluding hydrogens is 244 g/mol. The van der Waals surface area contributed by atoms with Crippen LogP contribution < -0.4 is 0 Å². The van der Waals surface area contributed by atoms with E-state index in [0.717, 1.165) is 0 Å². The molecule has 1 aliphatic heterocycles. The quantitative estimate of drug-likeness (QED) is 0.672. The van der Waals surface area contributed by atoms with Crippen molar-refractivity contribution in [3.8, 4) is 0 Å². The number of nitrogens with zero attached hydrogens (tertiary/aromatic N) is 2. The third kappa shape index (κ3) is 3.93. The van der Waals surface area contributed by atoms with Crippen molar-refractivity contribution in [2.45, 2.75) is 13.3 Å². The monoisotopic (exact) mass is 264 g/mol. The number of piperazine rings is 1. The average Bonchev–Trinajstić information content (AvgIpc) is 2.29. The van der Waals surface area contributed by atoms with Crippen molar-refractivity contribution in [1.82, 2.24) is 9.21 Å². The number of ether oxygens (including phenoxy) is 1. The van der Waals surface area contributed by atoms with Crippen LogP contribution in [0.3, 0.4) is 0 Å². The number of amides is 1. The number of rotatable bonds is 5. The highest BCUT2D eigenvalue weighted by Crippen LogP contribution is 2.09. The number of carbonyl (C=O) groups is 1. The summed E-state index contributed by atoms with van der Waals surface area (Å²) >= 11 is 0. The van der Waals surface area contributed by atoms with Gasteiger partial charge >= 0.3 is 0 Å². The summed E-state index contributed by atoms with van der Waals surface area (Å²) in [7, 11) is -1.66. The topological polar surface area (TPSA) is 66.9 Å². The van der Waals surface area contributed by atoms with Crippen molar-refractivity contribution in [2.75, 3.05) is 45.6 Å². The molecule has 1 fully saturated rings. The fourth-order valence-electron chi connectivity index (χ4n) is 1.82. The molecule has 6 nitrogen and oxygen atoms in total. The van der Waals surface area contributed by atoms with E-state index < -0.39 is 10.0 Å². The van der Waals surface area contributed by atoms with E-state index in [1.807, 2.05) is 6.92 Å². The Labute approximate surface area is 103 Å². The van der Waals surface area contributed by atoms with Gasteiger partial charge in [0, 0.05) is 33.3 Å². The maximum atomic E-state index is 11.8. The molecule has 1 heterocycles. The summed E-state index contributed by atoms with van der Waals surface area (Å²) in [5.74, 6) is 0.0963. The van der Waals surface area contributed by atoms with Crippen LogP contribution in [0, 0.1) is 0 Å². The summed E-state index contributed by atoms with van der Waals surface area (Å²) in [5, 5.41) is 0. The summed E-state index contributed by atoms with van der Waals surface area (Å²) in [4.78, 5) is 13.2. The lowest BCUT2D eigenvalue weighted by atomic mass is 10.3. The summed E-state index contributed by atoms with van der Waals surface area (Å²) < 4.78 is 29.8. The van der Waals surface area contributed by atoms with Gasteiger partial charge in [0.1, 0.15) is 6.61 Å². The average molecular weight is 264 g/mol. The smallest absolute Gasteiger partial charge is 0.248 e. The van der Waals surface area contributed by atoms with Gasteiger partial charge in [0.15, 0.2) is 0 Å². The Bertz CT molecular complexity index is 347. The Morgan fingerprint density at radius 2 is 1.82 bits per heavy atom. The van der Waals surface area contributed by atoms with Gasteiger partial charge in [0.05, 0.1) is 5.75 Å². The molecule has 0 N–H and O–H groups in total. The van der Waals surface area contributed by atoms with Gasteiger partial charge in [-0.05, 0) is 6.42 Å². The summed E-state index contributed by atoms with van der Waals surface area (Å²) in [5.41, 5.74) is 0. The molecule has 7 heteroatoms. The zero-order chi connectivity index (χ0) is 12.9. The van der Waals surface area contributed by atoms with Crippen LogP contribution >= 0.6 is 0 Å². The highest BCUT2D eigenvalue weighted by molar-refractivity contribution is 7.89. The number of hydrogen-bond donors (Lipinski definition) is 0. The number of hydrogen-bond acceptors (Lipinski definition) is 4. The van der Waals surface area contributed by atoms with E-state index in [1.165, 1.54) is 11.4 Å². The minimum atomic E-state index is -3.13. The van der Waals surface area contributed by atoms with E-state index in [1.54, 1.807) is 4.90 Å². The highest BCUT2D eigenvalue weighted by atomic mass is 32.2. The molecule has 0 saturated carbocycles. The molecule has 1 amide bonds. The van der Waals surface area contributed by atoms with Crippen LogP contribution in [0.25, 0.3) is 0 Å². The van der Waals surface area contributed by atoms with Gasteiger partial charge in [0.25, 0.3) is 0 Å². The van der Waals surface area contributed by atoms with E-state index in [2.05, 4.69) is 0 Å². The maximum Gasteiger partial charge on any atom is 0.248 e. The zero-order valence-corrected chi connectivity index (χ0v) is 11.2. The van der Waals surface area contributed by atoms with Crippen molar-refractivity contribution in [3.63, 3.8) is 0 Å². The third-order valence-electron chi connectivity index (χ3n) is 2.71. The van der Waals surface area contributed by atoms with Crippen molar-refractivity contribution < 1.29 is 17.9 Å². The van der Waals surface area contributed by atoms with Crippen molar-refractivity contribution in [3.05, 3.63) is 0 Å². The van der Waals surface area contributed by atoms with Crippen LogP contribution in [0.2, 0.25) is 0 Å². The molecule has 0 bridgehead atoms. The van der Waals surface area contributed by atoms with E-state index in [4.69, 9.17) is 4.74 Å². The van der Waals surface area contributed by atoms with E-state index in [0.29, 0.717) is 32.6 Å². The van der Waals surface area contributed by atoms with Crippen LogP contribution in [0.15, 0.2) is 0 Å². The molecule has 100 valence electrons. The van der Waals surface area contributed by atoms with Crippen molar-refractivity contribution >= 4 is 15.9 Å². The Hall–Kier alpha value is -0.660. The van der Waals surface area contributed by atoms with Gasteiger partial charge < -0.3 is 9.64 Å². The van der Waals surface area contributed by atoms with E-state index >= 15 is 0 Å². The molecule has 0 spiro atoms. The summed E-state index contributed by atoms with van der Waals surface area (Å²) in [6, 6.07) is 0. The first kappa shape index (κ1) is 14.4. The number of sulfonamides is 1. The largest absolute Gasteiger partial charge is 0.375 e. The molecule has 17 heavy (non-hydrogen) atoms. The maximum absolute atomic E-state index is 11.8. The Morgan fingerprint density at radius 1 is 1.24 bits per heavy atom. The highest BCUT2D eigenvalue weighted by Gasteiger charge is 2.27. The number of carbonyl (C=O) groups excluding carboxylic acids is 1. The molecule has 0 aromatic carbocycles. The molecule has 0 aromatic heterocycles. The van der Waals surface area contributed by atoms with E-state index in [-0.39, 0.29) is 18.3 Å². The molecule has 0 atom stereocenters. The van der Waals surface area contributed by atoms with Crippen LogP contribution in [0.4, 0.5) is 0 Å². The van der Waals surface area contributed by atoms with Crippen LogP contribution in [0.1, 0.15) is 13.3 Å². The predicted octanol–water partition coefficient (Wildman–Crippen LogP) is -0.483. The minimum Gasteiger partial charge on any atom is -0.375 e. The number of methoxy groups -OCH3 is 1. The van der Waals surface area contributed by atoms with Gasteiger partial charge in [-0.3, -0.25) is 4.79 Å². The van der Waals surface area contributed by atoms with Crippen LogP contribution in [-0.4, -0.2) is 69.2 Å². The van der Waals surface area contributed by atoms with E-state index in [9.17, 15) is 13.2 Å². The molecule has 0 radical (unpaired) electrons. The Balaban J connectivity index is 2.48. The van der Waals surface area contributed by atoms with Crippen LogP contribution in [0.5, 0.6) is 0 Å². The molecule has 1 rings (SSSR count). The lowest BCUT2D eigenvalue weighted by Crippen LogP contribution is -2.51. The van der Waals surface area contributed by atoms with Gasteiger partial charge in [0.2, 0.25) is 15.9 Å². The second kappa shape index (κ2) is 6.32. The Morgan fingerprint density at radius 3 is 2.29 bits per heavy atom. The first-order chi connectivity index (χ1) is 8.01. The lowest BCUT2D eigenvalue weighted by Gasteiger charge is -2.33. The molecule has 0 aliphatic carbocycles. The van der Waals surface area contributed by atoms with Crippen LogP contribution in [-0.2, 0) is 19.6 Å². The SMILES string of the molecule is CCCS(=O)(=O)N1CCN(C(=O)COC)CC1. The molecule has 1 saturated heterocycles. The first-order valence-electron chi connectivity index (χ1n) is 5.75. The van der Waals surface area contributed by atoms with Gasteiger partial charge in [-0.2, -0.15) is 4.31 Å². The standard InChI is InChI=1S/C10H20N2O4S/c1-3-8-17(14,15)12-6-4-11(5-7-12)10(13)9-16-2/h3-9H2,1-2H3. The molecule has 0 unspecified atom stereocenters. The van der Waals surface area contributed by atoms with Gasteiger partial charge in [-0.1, -0.05) is 6.92 Å². The molecular formula is C10H20N2O4S. The third-order valence-corrected chi connectivity index (χ3v) is 4.79. The molecule has 1 aliphatic rings. The normalized spacial score (nSPS) is 18.4. The second-order valence-corrected chi connectivity index (χ2v) is 6.12. The summed E-state index contributed by atoms with van der Waals surface area (Å²) in [6.45, 7) is 3.57. The fraction of sp³-hybridized carbons (Fsp3) is 0.900.